The van der Waals surface area contributed by atoms with Crippen LogP contribution in [0, 0.1) is 11.7 Å². The summed E-state index contributed by atoms with van der Waals surface area (Å²) in [5.41, 5.74) is 2.25. The summed E-state index contributed by atoms with van der Waals surface area (Å²) in [6.07, 6.45) is 3.38. The maximum atomic E-state index is 13.4. The van der Waals surface area contributed by atoms with E-state index in [1.54, 1.807) is 12.1 Å². The van der Waals surface area contributed by atoms with E-state index < -0.39 is 0 Å². The summed E-state index contributed by atoms with van der Waals surface area (Å²) < 4.78 is 19.1. The fourth-order valence-corrected chi connectivity index (χ4v) is 4.33. The Morgan fingerprint density at radius 1 is 1.20 bits per heavy atom. The molecule has 1 atom stereocenters. The molecular weight excluding hydrogens is 379 g/mol. The summed E-state index contributed by atoms with van der Waals surface area (Å²) in [6.45, 7) is 8.72. The third-order valence-electron chi connectivity index (χ3n) is 5.89. The van der Waals surface area contributed by atoms with E-state index >= 15 is 0 Å². The predicted octanol–water partition coefficient (Wildman–Crippen LogP) is 3.97. The Morgan fingerprint density at radius 2 is 2.07 bits per heavy atom. The number of nitrogens with zero attached hydrogens (tertiary/aromatic N) is 2. The second kappa shape index (κ2) is 12.0. The van der Waals surface area contributed by atoms with Crippen molar-refractivity contribution in [2.75, 3.05) is 45.9 Å². The summed E-state index contributed by atoms with van der Waals surface area (Å²) in [5.74, 6) is 1.37. The zero-order chi connectivity index (χ0) is 21.2. The van der Waals surface area contributed by atoms with Crippen molar-refractivity contribution in [2.45, 2.75) is 32.7 Å². The Kier molecular flexibility index (Phi) is 9.12. The number of para-hydroxylation sites is 1. The van der Waals surface area contributed by atoms with Crippen molar-refractivity contribution in [3.05, 3.63) is 65.5 Å². The van der Waals surface area contributed by atoms with Crippen LogP contribution in [-0.4, -0.2) is 60.8 Å². The summed E-state index contributed by atoms with van der Waals surface area (Å²) in [5, 5.41) is 9.06. The van der Waals surface area contributed by atoms with Crippen LogP contribution in [0.5, 0.6) is 5.75 Å². The molecule has 0 unspecified atom stereocenters. The zero-order valence-electron chi connectivity index (χ0n) is 18.1. The van der Waals surface area contributed by atoms with E-state index in [2.05, 4.69) is 22.8 Å². The average Bonchev–Trinajstić information content (AvgIpc) is 2.77. The number of halogens is 1. The van der Waals surface area contributed by atoms with Crippen molar-refractivity contribution in [1.82, 2.24) is 9.80 Å². The molecule has 0 aromatic heterocycles. The molecule has 0 amide bonds. The molecule has 0 aliphatic carbocycles. The molecule has 3 rings (SSSR count). The molecule has 1 heterocycles. The Hall–Kier alpha value is -1.95. The minimum Gasteiger partial charge on any atom is -0.491 e. The van der Waals surface area contributed by atoms with Crippen molar-refractivity contribution in [3.63, 3.8) is 0 Å². The van der Waals surface area contributed by atoms with E-state index in [0.29, 0.717) is 12.5 Å². The van der Waals surface area contributed by atoms with Crippen LogP contribution in [0.1, 0.15) is 30.9 Å². The molecule has 0 saturated carbocycles. The quantitative estimate of drug-likeness (QED) is 0.604. The average molecular weight is 415 g/mol. The molecule has 4 nitrogen and oxygen atoms in total. The Labute approximate surface area is 180 Å². The van der Waals surface area contributed by atoms with Crippen molar-refractivity contribution >= 4 is 0 Å². The summed E-state index contributed by atoms with van der Waals surface area (Å²) in [6, 6.07) is 15.1. The van der Waals surface area contributed by atoms with Crippen molar-refractivity contribution in [1.29, 1.82) is 0 Å². The van der Waals surface area contributed by atoms with E-state index in [-0.39, 0.29) is 12.4 Å². The second-order valence-corrected chi connectivity index (χ2v) is 8.20. The topological polar surface area (TPSA) is 35.9 Å². The third-order valence-corrected chi connectivity index (χ3v) is 5.89. The van der Waals surface area contributed by atoms with Gasteiger partial charge in [-0.3, -0.25) is 4.90 Å². The van der Waals surface area contributed by atoms with E-state index in [9.17, 15) is 4.39 Å². The van der Waals surface area contributed by atoms with Crippen LogP contribution in [0.4, 0.5) is 4.39 Å². The van der Waals surface area contributed by atoms with Crippen molar-refractivity contribution in [3.8, 4) is 5.75 Å². The minimum atomic E-state index is -0.147. The molecule has 0 bridgehead atoms. The molecule has 2 aromatic rings. The highest BCUT2D eigenvalue weighted by Crippen LogP contribution is 2.23. The molecule has 0 spiro atoms. The summed E-state index contributed by atoms with van der Waals surface area (Å²) in [7, 11) is 0. The van der Waals surface area contributed by atoms with Gasteiger partial charge in [0.25, 0.3) is 0 Å². The monoisotopic (exact) mass is 414 g/mol. The van der Waals surface area contributed by atoms with Gasteiger partial charge >= 0.3 is 0 Å². The summed E-state index contributed by atoms with van der Waals surface area (Å²) in [4.78, 5) is 5.02. The lowest BCUT2D eigenvalue weighted by atomic mass is 9.96. The number of piperidine rings is 1. The molecule has 30 heavy (non-hydrogen) atoms. The van der Waals surface area contributed by atoms with Gasteiger partial charge in [-0.05, 0) is 62.0 Å². The van der Waals surface area contributed by atoms with Crippen molar-refractivity contribution < 1.29 is 14.2 Å². The van der Waals surface area contributed by atoms with E-state index in [4.69, 9.17) is 9.84 Å². The van der Waals surface area contributed by atoms with Gasteiger partial charge in [0, 0.05) is 31.7 Å². The largest absolute Gasteiger partial charge is 0.491 e. The standard InChI is InChI=1S/C25H35FN2O2/c1-2-27(20-23-9-3-4-11-25(23)30-16-15-29)18-22-8-6-13-28(19-22)14-12-21-7-5-10-24(26)17-21/h3-5,7,9-11,17,22,29H,2,6,8,12-16,18-20H2,1H3/t22-/m1/s1. The van der Waals surface area contributed by atoms with Crippen LogP contribution in [0.15, 0.2) is 48.5 Å². The SMILES string of the molecule is CCN(Cc1ccccc1OCCO)C[C@H]1CCCN(CCc2cccc(F)c2)C1. The second-order valence-electron chi connectivity index (χ2n) is 8.20. The predicted molar refractivity (Wildman–Crippen MR) is 119 cm³/mol. The number of rotatable bonds is 11. The first kappa shape index (κ1) is 22.7. The zero-order valence-corrected chi connectivity index (χ0v) is 18.1. The molecule has 1 fully saturated rings. The van der Waals surface area contributed by atoms with Gasteiger partial charge in [-0.15, -0.1) is 0 Å². The normalized spacial score (nSPS) is 17.4. The lowest BCUT2D eigenvalue weighted by Gasteiger charge is -2.35. The van der Waals surface area contributed by atoms with Crippen LogP contribution >= 0.6 is 0 Å². The number of aliphatic hydroxyl groups is 1. The number of benzene rings is 2. The van der Waals surface area contributed by atoms with Gasteiger partial charge in [0.05, 0.1) is 6.61 Å². The van der Waals surface area contributed by atoms with Crippen LogP contribution in [0.3, 0.4) is 0 Å². The lowest BCUT2D eigenvalue weighted by Crippen LogP contribution is -2.41. The van der Waals surface area contributed by atoms with Crippen molar-refractivity contribution in [2.24, 2.45) is 5.92 Å². The van der Waals surface area contributed by atoms with Crippen LogP contribution in [0.2, 0.25) is 0 Å². The molecule has 164 valence electrons. The molecular formula is C25H35FN2O2. The highest BCUT2D eigenvalue weighted by Gasteiger charge is 2.22. The molecule has 1 N–H and O–H groups in total. The third kappa shape index (κ3) is 7.08. The minimum absolute atomic E-state index is 0.0271. The number of hydrogen-bond donors (Lipinski definition) is 1. The first-order chi connectivity index (χ1) is 14.7. The van der Waals surface area contributed by atoms with Gasteiger partial charge in [0.15, 0.2) is 0 Å². The molecule has 0 radical (unpaired) electrons. The van der Waals surface area contributed by atoms with E-state index in [0.717, 1.165) is 57.0 Å². The van der Waals surface area contributed by atoms with E-state index in [1.165, 1.54) is 24.5 Å². The summed E-state index contributed by atoms with van der Waals surface area (Å²) >= 11 is 0. The molecule has 1 aliphatic heterocycles. The molecule has 1 aliphatic rings. The lowest BCUT2D eigenvalue weighted by molar-refractivity contribution is 0.132. The first-order valence-corrected chi connectivity index (χ1v) is 11.2. The number of aliphatic hydroxyl groups excluding tert-OH is 1. The Balaban J connectivity index is 1.51. The smallest absolute Gasteiger partial charge is 0.123 e. The number of likely N-dealkylation sites (tertiary alicyclic amines) is 1. The maximum absolute atomic E-state index is 13.4. The fraction of sp³-hybridized carbons (Fsp3) is 0.520. The Bertz CT molecular complexity index is 770. The van der Waals surface area contributed by atoms with Gasteiger partial charge in [-0.25, -0.2) is 4.39 Å². The van der Waals surface area contributed by atoms with E-state index in [1.807, 2.05) is 24.3 Å². The van der Waals surface area contributed by atoms with Gasteiger partial charge in [-0.2, -0.15) is 0 Å². The maximum Gasteiger partial charge on any atom is 0.123 e. The fourth-order valence-electron chi connectivity index (χ4n) is 4.33. The number of ether oxygens (including phenoxy) is 1. The highest BCUT2D eigenvalue weighted by molar-refractivity contribution is 5.33. The molecule has 1 saturated heterocycles. The first-order valence-electron chi connectivity index (χ1n) is 11.2. The van der Waals surface area contributed by atoms with Gasteiger partial charge in [0.2, 0.25) is 0 Å². The Morgan fingerprint density at radius 3 is 2.87 bits per heavy atom. The molecule has 5 heteroatoms. The highest BCUT2D eigenvalue weighted by atomic mass is 19.1. The number of hydrogen-bond acceptors (Lipinski definition) is 4. The van der Waals surface area contributed by atoms with Gasteiger partial charge < -0.3 is 14.7 Å². The van der Waals surface area contributed by atoms with Crippen LogP contribution in [-0.2, 0) is 13.0 Å². The van der Waals surface area contributed by atoms with Crippen LogP contribution < -0.4 is 4.74 Å². The molecule has 2 aromatic carbocycles. The van der Waals surface area contributed by atoms with Gasteiger partial charge in [0.1, 0.15) is 18.2 Å². The van der Waals surface area contributed by atoms with Gasteiger partial charge in [-0.1, -0.05) is 37.3 Å². The van der Waals surface area contributed by atoms with Crippen LogP contribution in [0.25, 0.3) is 0 Å².